The molecule has 0 aromatic rings. The first kappa shape index (κ1) is 10.2. The molecule has 0 saturated heterocycles. The second kappa shape index (κ2) is 4.03. The molecule has 0 bridgehead atoms. The maximum Gasteiger partial charge on any atom is 0.0473 e. The van der Waals surface area contributed by atoms with Crippen LogP contribution in [0.1, 0.15) is 51.9 Å². The van der Waals surface area contributed by atoms with Crippen molar-refractivity contribution in [3.8, 4) is 0 Å². The predicted molar refractivity (Wildman–Crippen MR) is 59.6 cm³/mol. The summed E-state index contributed by atoms with van der Waals surface area (Å²) in [6, 6.07) is 0.445. The summed E-state index contributed by atoms with van der Waals surface area (Å²) in [5.74, 6) is 5.69. The fraction of sp³-hybridized carbons (Fsp3) is 0.833. The summed E-state index contributed by atoms with van der Waals surface area (Å²) in [6.45, 7) is 2.35. The van der Waals surface area contributed by atoms with Crippen LogP contribution in [-0.4, -0.2) is 6.04 Å². The van der Waals surface area contributed by atoms with E-state index >= 15 is 0 Å². The predicted octanol–water partition coefficient (Wildman–Crippen LogP) is 2.51. The van der Waals surface area contributed by atoms with E-state index in [0.717, 1.165) is 0 Å². The Hall–Kier alpha value is -0.340. The zero-order valence-corrected chi connectivity index (χ0v) is 9.18. The SMILES string of the molecule is CC1(C(NN)C2=CCCCCC2)CC1. The summed E-state index contributed by atoms with van der Waals surface area (Å²) < 4.78 is 0. The molecule has 80 valence electrons. The average molecular weight is 194 g/mol. The first-order valence-electron chi connectivity index (χ1n) is 5.91. The average Bonchev–Trinajstić information content (AvgIpc) is 2.93. The van der Waals surface area contributed by atoms with Gasteiger partial charge in [0, 0.05) is 6.04 Å². The molecule has 2 aliphatic rings. The number of nitrogens with one attached hydrogen (secondary N) is 1. The van der Waals surface area contributed by atoms with Crippen LogP contribution < -0.4 is 11.3 Å². The molecule has 2 heteroatoms. The first-order chi connectivity index (χ1) is 6.76. The second-order valence-corrected chi connectivity index (χ2v) is 5.13. The van der Waals surface area contributed by atoms with E-state index < -0.39 is 0 Å². The summed E-state index contributed by atoms with van der Waals surface area (Å²) in [6.07, 6.45) is 11.7. The molecule has 0 aromatic heterocycles. The van der Waals surface area contributed by atoms with Gasteiger partial charge in [-0.15, -0.1) is 0 Å². The summed E-state index contributed by atoms with van der Waals surface area (Å²) in [5.41, 5.74) is 5.07. The molecule has 1 fully saturated rings. The van der Waals surface area contributed by atoms with E-state index in [1.165, 1.54) is 44.9 Å². The summed E-state index contributed by atoms with van der Waals surface area (Å²) in [4.78, 5) is 0. The molecule has 0 aliphatic heterocycles. The van der Waals surface area contributed by atoms with Gasteiger partial charge in [-0.25, -0.2) is 0 Å². The van der Waals surface area contributed by atoms with Crippen molar-refractivity contribution >= 4 is 0 Å². The number of allylic oxidation sites excluding steroid dienone is 1. The van der Waals surface area contributed by atoms with Crippen molar-refractivity contribution in [1.29, 1.82) is 0 Å². The van der Waals surface area contributed by atoms with Gasteiger partial charge < -0.3 is 0 Å². The van der Waals surface area contributed by atoms with Crippen LogP contribution in [-0.2, 0) is 0 Å². The quantitative estimate of drug-likeness (QED) is 0.411. The van der Waals surface area contributed by atoms with Gasteiger partial charge in [-0.1, -0.05) is 25.0 Å². The molecule has 0 amide bonds. The Morgan fingerprint density at radius 2 is 2.14 bits per heavy atom. The highest BCUT2D eigenvalue weighted by Gasteiger charge is 2.45. The fourth-order valence-electron chi connectivity index (χ4n) is 2.54. The van der Waals surface area contributed by atoms with E-state index in [4.69, 9.17) is 5.84 Å². The number of rotatable bonds is 3. The largest absolute Gasteiger partial charge is 0.271 e. The van der Waals surface area contributed by atoms with Gasteiger partial charge in [0.2, 0.25) is 0 Å². The number of nitrogens with two attached hydrogens (primary N) is 1. The van der Waals surface area contributed by atoms with E-state index in [9.17, 15) is 0 Å². The highest BCUT2D eigenvalue weighted by atomic mass is 15.2. The topological polar surface area (TPSA) is 38.0 Å². The van der Waals surface area contributed by atoms with Crippen molar-refractivity contribution in [1.82, 2.24) is 5.43 Å². The van der Waals surface area contributed by atoms with Gasteiger partial charge in [0.15, 0.2) is 0 Å². The van der Waals surface area contributed by atoms with Crippen LogP contribution in [0.15, 0.2) is 11.6 Å². The van der Waals surface area contributed by atoms with Crippen molar-refractivity contribution in [2.45, 2.75) is 57.9 Å². The van der Waals surface area contributed by atoms with Gasteiger partial charge in [0.25, 0.3) is 0 Å². The van der Waals surface area contributed by atoms with E-state index in [1.54, 1.807) is 5.57 Å². The third-order valence-electron chi connectivity index (χ3n) is 3.85. The highest BCUT2D eigenvalue weighted by Crippen LogP contribution is 2.50. The monoisotopic (exact) mass is 194 g/mol. The Labute approximate surface area is 86.9 Å². The molecule has 1 atom stereocenters. The lowest BCUT2D eigenvalue weighted by Crippen LogP contribution is -2.42. The zero-order valence-electron chi connectivity index (χ0n) is 9.18. The minimum Gasteiger partial charge on any atom is -0.271 e. The van der Waals surface area contributed by atoms with Crippen LogP contribution in [0.2, 0.25) is 0 Å². The van der Waals surface area contributed by atoms with E-state index in [0.29, 0.717) is 11.5 Å². The highest BCUT2D eigenvalue weighted by molar-refractivity contribution is 5.19. The van der Waals surface area contributed by atoms with Crippen molar-refractivity contribution in [3.63, 3.8) is 0 Å². The minimum atomic E-state index is 0.445. The fourth-order valence-corrected chi connectivity index (χ4v) is 2.54. The molecule has 0 heterocycles. The summed E-state index contributed by atoms with van der Waals surface area (Å²) >= 11 is 0. The molecular formula is C12H22N2. The van der Waals surface area contributed by atoms with Crippen LogP contribution in [0.25, 0.3) is 0 Å². The van der Waals surface area contributed by atoms with Crippen LogP contribution >= 0.6 is 0 Å². The normalized spacial score (nSPS) is 27.7. The molecule has 0 aromatic carbocycles. The number of hydrogen-bond acceptors (Lipinski definition) is 2. The molecule has 1 unspecified atom stereocenters. The van der Waals surface area contributed by atoms with Gasteiger partial charge in [-0.2, -0.15) is 0 Å². The Balaban J connectivity index is 2.06. The number of hydrazine groups is 1. The Bertz CT molecular complexity index is 228. The third-order valence-corrected chi connectivity index (χ3v) is 3.85. The van der Waals surface area contributed by atoms with Crippen molar-refractivity contribution in [3.05, 3.63) is 11.6 Å². The molecule has 1 saturated carbocycles. The summed E-state index contributed by atoms with van der Waals surface area (Å²) in [5, 5.41) is 0. The van der Waals surface area contributed by atoms with Crippen molar-refractivity contribution in [2.75, 3.05) is 0 Å². The van der Waals surface area contributed by atoms with Crippen molar-refractivity contribution in [2.24, 2.45) is 11.3 Å². The van der Waals surface area contributed by atoms with E-state index in [1.807, 2.05) is 0 Å². The van der Waals surface area contributed by atoms with Gasteiger partial charge in [0.1, 0.15) is 0 Å². The van der Waals surface area contributed by atoms with Gasteiger partial charge in [0.05, 0.1) is 0 Å². The van der Waals surface area contributed by atoms with E-state index in [2.05, 4.69) is 18.4 Å². The molecule has 0 radical (unpaired) electrons. The third kappa shape index (κ3) is 2.01. The van der Waals surface area contributed by atoms with Gasteiger partial charge >= 0.3 is 0 Å². The zero-order chi connectivity index (χ0) is 10.0. The molecule has 2 aliphatic carbocycles. The molecule has 2 rings (SSSR count). The second-order valence-electron chi connectivity index (χ2n) is 5.13. The molecule has 3 N–H and O–H groups in total. The van der Waals surface area contributed by atoms with Crippen molar-refractivity contribution < 1.29 is 0 Å². The van der Waals surface area contributed by atoms with E-state index in [-0.39, 0.29) is 0 Å². The van der Waals surface area contributed by atoms with Gasteiger partial charge in [-0.05, 0) is 43.9 Å². The first-order valence-corrected chi connectivity index (χ1v) is 5.91. The smallest absolute Gasteiger partial charge is 0.0473 e. The number of hydrogen-bond donors (Lipinski definition) is 2. The lowest BCUT2D eigenvalue weighted by Gasteiger charge is -2.25. The lowest BCUT2D eigenvalue weighted by atomic mass is 9.89. The Kier molecular flexibility index (Phi) is 2.93. The van der Waals surface area contributed by atoms with Crippen LogP contribution in [0, 0.1) is 5.41 Å². The lowest BCUT2D eigenvalue weighted by molar-refractivity contribution is 0.396. The minimum absolute atomic E-state index is 0.445. The van der Waals surface area contributed by atoms with Crippen LogP contribution in [0.4, 0.5) is 0 Å². The Morgan fingerprint density at radius 1 is 1.36 bits per heavy atom. The molecule has 2 nitrogen and oxygen atoms in total. The Morgan fingerprint density at radius 3 is 2.79 bits per heavy atom. The maximum atomic E-state index is 5.69. The van der Waals surface area contributed by atoms with Gasteiger partial charge in [-0.3, -0.25) is 11.3 Å². The van der Waals surface area contributed by atoms with Crippen LogP contribution in [0.3, 0.4) is 0 Å². The standard InChI is InChI=1S/C12H22N2/c1-12(8-9-12)11(14-13)10-6-4-2-3-5-7-10/h6,11,14H,2-5,7-9,13H2,1H3. The molecule has 0 spiro atoms. The molecular weight excluding hydrogens is 172 g/mol. The summed E-state index contributed by atoms with van der Waals surface area (Å²) in [7, 11) is 0. The molecule has 14 heavy (non-hydrogen) atoms. The maximum absolute atomic E-state index is 5.69. The van der Waals surface area contributed by atoms with Crippen LogP contribution in [0.5, 0.6) is 0 Å².